The van der Waals surface area contributed by atoms with Crippen LogP contribution in [0.2, 0.25) is 0 Å². The Kier molecular flexibility index (Phi) is 6.77. The van der Waals surface area contributed by atoms with E-state index in [0.29, 0.717) is 12.6 Å². The standard InChI is InChI=1S/C17H26N2O2S/c1-19(17(22)18-14-6-4-3-5-7-14)12-13-21-16-10-8-15(20-2)9-11-16/h8-11,14H,3-7,12-13H2,1-2H3,(H,18,22). The van der Waals surface area contributed by atoms with E-state index < -0.39 is 0 Å². The Hall–Kier alpha value is -1.49. The maximum absolute atomic E-state index is 5.73. The second-order valence-corrected chi connectivity index (χ2v) is 6.12. The molecule has 2 rings (SSSR count). The van der Waals surface area contributed by atoms with Gasteiger partial charge < -0.3 is 19.7 Å². The summed E-state index contributed by atoms with van der Waals surface area (Å²) in [4.78, 5) is 2.05. The van der Waals surface area contributed by atoms with Crippen LogP contribution in [0.25, 0.3) is 0 Å². The number of hydrogen-bond donors (Lipinski definition) is 1. The van der Waals surface area contributed by atoms with Crippen molar-refractivity contribution in [3.05, 3.63) is 24.3 Å². The Morgan fingerprint density at radius 1 is 1.18 bits per heavy atom. The second kappa shape index (κ2) is 8.83. The molecule has 0 aliphatic heterocycles. The molecule has 0 saturated heterocycles. The molecule has 0 spiro atoms. The summed E-state index contributed by atoms with van der Waals surface area (Å²) in [5, 5.41) is 4.29. The average Bonchev–Trinajstić information content (AvgIpc) is 2.56. The van der Waals surface area contributed by atoms with Crippen molar-refractivity contribution >= 4 is 17.3 Å². The molecule has 1 aliphatic rings. The molecule has 5 heteroatoms. The fourth-order valence-corrected chi connectivity index (χ4v) is 2.86. The minimum atomic E-state index is 0.547. The molecule has 4 nitrogen and oxygen atoms in total. The van der Waals surface area contributed by atoms with Crippen LogP contribution in [0.4, 0.5) is 0 Å². The highest BCUT2D eigenvalue weighted by Crippen LogP contribution is 2.18. The zero-order chi connectivity index (χ0) is 15.8. The SMILES string of the molecule is COc1ccc(OCCN(C)C(=S)NC2CCCCC2)cc1. The van der Waals surface area contributed by atoms with Crippen molar-refractivity contribution in [2.24, 2.45) is 0 Å². The van der Waals surface area contributed by atoms with Gasteiger partial charge in [-0.05, 0) is 49.3 Å². The van der Waals surface area contributed by atoms with E-state index in [1.54, 1.807) is 7.11 Å². The summed E-state index contributed by atoms with van der Waals surface area (Å²) in [6, 6.07) is 8.17. The van der Waals surface area contributed by atoms with Crippen LogP contribution in [0.3, 0.4) is 0 Å². The summed E-state index contributed by atoms with van der Waals surface area (Å²) < 4.78 is 10.9. The number of thiocarbonyl (C=S) groups is 1. The van der Waals surface area contributed by atoms with E-state index in [2.05, 4.69) is 5.32 Å². The molecule has 1 N–H and O–H groups in total. The van der Waals surface area contributed by atoms with Gasteiger partial charge in [0.15, 0.2) is 5.11 Å². The van der Waals surface area contributed by atoms with E-state index in [0.717, 1.165) is 23.2 Å². The lowest BCUT2D eigenvalue weighted by molar-refractivity contribution is 0.280. The number of methoxy groups -OCH3 is 1. The summed E-state index contributed by atoms with van der Waals surface area (Å²) >= 11 is 5.46. The first kappa shape index (κ1) is 16.9. The fourth-order valence-electron chi connectivity index (χ4n) is 2.61. The smallest absolute Gasteiger partial charge is 0.169 e. The van der Waals surface area contributed by atoms with Crippen molar-refractivity contribution < 1.29 is 9.47 Å². The third kappa shape index (κ3) is 5.37. The number of nitrogens with one attached hydrogen (secondary N) is 1. The lowest BCUT2D eigenvalue weighted by Crippen LogP contribution is -2.44. The van der Waals surface area contributed by atoms with Crippen molar-refractivity contribution in [1.82, 2.24) is 10.2 Å². The molecule has 0 atom stereocenters. The molecule has 22 heavy (non-hydrogen) atoms. The zero-order valence-electron chi connectivity index (χ0n) is 13.5. The van der Waals surface area contributed by atoms with Gasteiger partial charge in [-0.15, -0.1) is 0 Å². The Morgan fingerprint density at radius 2 is 1.82 bits per heavy atom. The summed E-state index contributed by atoms with van der Waals surface area (Å²) in [7, 11) is 3.67. The normalized spacial score (nSPS) is 15.2. The number of nitrogens with zero attached hydrogens (tertiary/aromatic N) is 1. The summed E-state index contributed by atoms with van der Waals surface area (Å²) in [6.45, 7) is 1.37. The van der Waals surface area contributed by atoms with Crippen LogP contribution in [0.1, 0.15) is 32.1 Å². The Labute approximate surface area is 138 Å². The number of benzene rings is 1. The van der Waals surface area contributed by atoms with Crippen molar-refractivity contribution in [2.75, 3.05) is 27.3 Å². The van der Waals surface area contributed by atoms with Gasteiger partial charge in [-0.2, -0.15) is 0 Å². The van der Waals surface area contributed by atoms with Gasteiger partial charge in [0.2, 0.25) is 0 Å². The minimum absolute atomic E-state index is 0.547. The summed E-state index contributed by atoms with van der Waals surface area (Å²) in [5.74, 6) is 1.68. The van der Waals surface area contributed by atoms with E-state index >= 15 is 0 Å². The largest absolute Gasteiger partial charge is 0.497 e. The van der Waals surface area contributed by atoms with Gasteiger partial charge in [0.1, 0.15) is 18.1 Å². The van der Waals surface area contributed by atoms with Crippen LogP contribution in [0, 0.1) is 0 Å². The molecular formula is C17H26N2O2S. The van der Waals surface area contributed by atoms with E-state index in [1.165, 1.54) is 32.1 Å². The van der Waals surface area contributed by atoms with Crippen molar-refractivity contribution in [1.29, 1.82) is 0 Å². The van der Waals surface area contributed by atoms with Gasteiger partial charge in [-0.3, -0.25) is 0 Å². The molecule has 1 fully saturated rings. The Balaban J connectivity index is 1.67. The van der Waals surface area contributed by atoms with E-state index in [-0.39, 0.29) is 0 Å². The van der Waals surface area contributed by atoms with Gasteiger partial charge in [0.25, 0.3) is 0 Å². The first-order chi connectivity index (χ1) is 10.7. The number of hydrogen-bond acceptors (Lipinski definition) is 3. The van der Waals surface area contributed by atoms with E-state index in [4.69, 9.17) is 21.7 Å². The van der Waals surface area contributed by atoms with Gasteiger partial charge in [-0.25, -0.2) is 0 Å². The van der Waals surface area contributed by atoms with Gasteiger partial charge in [0, 0.05) is 13.1 Å². The molecule has 0 heterocycles. The molecule has 0 radical (unpaired) electrons. The van der Waals surface area contributed by atoms with E-state index in [9.17, 15) is 0 Å². The fraction of sp³-hybridized carbons (Fsp3) is 0.588. The molecule has 122 valence electrons. The third-order valence-electron chi connectivity index (χ3n) is 4.03. The zero-order valence-corrected chi connectivity index (χ0v) is 14.3. The molecule has 0 bridgehead atoms. The molecule has 0 unspecified atom stereocenters. The maximum atomic E-state index is 5.73. The van der Waals surface area contributed by atoms with Gasteiger partial charge in [-0.1, -0.05) is 19.3 Å². The monoisotopic (exact) mass is 322 g/mol. The number of ether oxygens (including phenoxy) is 2. The van der Waals surface area contributed by atoms with Crippen molar-refractivity contribution in [3.63, 3.8) is 0 Å². The van der Waals surface area contributed by atoms with Crippen molar-refractivity contribution in [2.45, 2.75) is 38.1 Å². The van der Waals surface area contributed by atoms with Gasteiger partial charge in [0.05, 0.1) is 13.7 Å². The number of likely N-dealkylation sites (N-methyl/N-ethyl adjacent to an activating group) is 1. The highest BCUT2D eigenvalue weighted by molar-refractivity contribution is 7.80. The average molecular weight is 322 g/mol. The predicted molar refractivity (Wildman–Crippen MR) is 93.7 cm³/mol. The van der Waals surface area contributed by atoms with Crippen LogP contribution >= 0.6 is 12.2 Å². The maximum Gasteiger partial charge on any atom is 0.169 e. The first-order valence-corrected chi connectivity index (χ1v) is 8.38. The number of rotatable bonds is 6. The minimum Gasteiger partial charge on any atom is -0.497 e. The summed E-state index contributed by atoms with van der Waals surface area (Å²) in [6.07, 6.45) is 6.44. The summed E-state index contributed by atoms with van der Waals surface area (Å²) in [5.41, 5.74) is 0. The van der Waals surface area contributed by atoms with Crippen LogP contribution in [0.15, 0.2) is 24.3 Å². The molecule has 1 aromatic rings. The molecule has 1 saturated carbocycles. The van der Waals surface area contributed by atoms with Crippen LogP contribution in [-0.4, -0.2) is 43.4 Å². The molecule has 1 aliphatic carbocycles. The highest BCUT2D eigenvalue weighted by Gasteiger charge is 2.15. The lowest BCUT2D eigenvalue weighted by Gasteiger charge is -2.28. The second-order valence-electron chi connectivity index (χ2n) is 5.73. The Bertz CT molecular complexity index is 458. The van der Waals surface area contributed by atoms with Crippen molar-refractivity contribution in [3.8, 4) is 11.5 Å². The molecule has 1 aromatic carbocycles. The third-order valence-corrected chi connectivity index (χ3v) is 4.46. The predicted octanol–water partition coefficient (Wildman–Crippen LogP) is 3.21. The molecule has 0 amide bonds. The molecule has 0 aromatic heterocycles. The first-order valence-electron chi connectivity index (χ1n) is 7.97. The van der Waals surface area contributed by atoms with Crippen LogP contribution in [0.5, 0.6) is 11.5 Å². The quantitative estimate of drug-likeness (QED) is 0.813. The topological polar surface area (TPSA) is 33.7 Å². The lowest BCUT2D eigenvalue weighted by atomic mass is 9.96. The van der Waals surface area contributed by atoms with Gasteiger partial charge >= 0.3 is 0 Å². The van der Waals surface area contributed by atoms with Crippen LogP contribution < -0.4 is 14.8 Å². The molecular weight excluding hydrogens is 296 g/mol. The van der Waals surface area contributed by atoms with E-state index in [1.807, 2.05) is 36.2 Å². The highest BCUT2D eigenvalue weighted by atomic mass is 32.1. The van der Waals surface area contributed by atoms with Crippen LogP contribution in [-0.2, 0) is 0 Å². The Morgan fingerprint density at radius 3 is 2.45 bits per heavy atom.